The van der Waals surface area contributed by atoms with Gasteiger partial charge >= 0.3 is 5.97 Å². The van der Waals surface area contributed by atoms with Crippen LogP contribution >= 0.6 is 0 Å². The Bertz CT molecular complexity index is 460. The van der Waals surface area contributed by atoms with Gasteiger partial charge in [-0.05, 0) is 18.8 Å². The summed E-state index contributed by atoms with van der Waals surface area (Å²) in [5.41, 5.74) is 0. The summed E-state index contributed by atoms with van der Waals surface area (Å²) >= 11 is 0. The zero-order chi connectivity index (χ0) is 15.6. The number of likely N-dealkylation sites (tertiary alicyclic amines) is 2. The fourth-order valence-electron chi connectivity index (χ4n) is 2.90. The molecule has 7 nitrogen and oxygen atoms in total. The molecule has 2 rings (SSSR count). The van der Waals surface area contributed by atoms with Crippen LogP contribution in [0, 0.1) is 5.92 Å². The Balaban J connectivity index is 1.94. The highest BCUT2D eigenvalue weighted by Crippen LogP contribution is 2.23. The Morgan fingerprint density at radius 1 is 1.24 bits per heavy atom. The van der Waals surface area contributed by atoms with Crippen LogP contribution in [0.2, 0.25) is 0 Å². The minimum Gasteiger partial charge on any atom is -0.480 e. The van der Waals surface area contributed by atoms with Gasteiger partial charge < -0.3 is 10.0 Å². The molecule has 0 saturated carbocycles. The molecule has 1 N–H and O–H groups in total. The fourth-order valence-corrected chi connectivity index (χ4v) is 2.90. The molecule has 2 aliphatic rings. The third-order valence-corrected chi connectivity index (χ3v) is 4.17. The lowest BCUT2D eigenvalue weighted by atomic mass is 9.92. The summed E-state index contributed by atoms with van der Waals surface area (Å²) in [6, 6.07) is -0.800. The number of amides is 3. The van der Waals surface area contributed by atoms with E-state index < -0.39 is 12.0 Å². The molecule has 2 saturated heterocycles. The molecule has 0 aromatic rings. The van der Waals surface area contributed by atoms with Crippen molar-refractivity contribution in [2.45, 2.75) is 45.1 Å². The van der Waals surface area contributed by atoms with E-state index in [0.29, 0.717) is 13.0 Å². The van der Waals surface area contributed by atoms with Crippen LogP contribution in [0.5, 0.6) is 0 Å². The maximum absolute atomic E-state index is 12.2. The molecule has 3 amide bonds. The van der Waals surface area contributed by atoms with E-state index in [1.807, 2.05) is 6.92 Å². The van der Waals surface area contributed by atoms with E-state index in [4.69, 9.17) is 0 Å². The molecule has 0 aromatic heterocycles. The second-order valence-corrected chi connectivity index (χ2v) is 5.76. The van der Waals surface area contributed by atoms with Gasteiger partial charge in [0.2, 0.25) is 17.7 Å². The van der Waals surface area contributed by atoms with Gasteiger partial charge in [0.15, 0.2) is 0 Å². The molecule has 7 heteroatoms. The molecule has 2 aliphatic heterocycles. The molecule has 0 spiro atoms. The molecule has 0 bridgehead atoms. The number of imide groups is 1. The molecule has 2 heterocycles. The average Bonchev–Trinajstić information content (AvgIpc) is 2.75. The Kier molecular flexibility index (Phi) is 4.59. The van der Waals surface area contributed by atoms with Crippen molar-refractivity contribution in [2.24, 2.45) is 5.92 Å². The minimum atomic E-state index is -0.997. The normalized spacial score (nSPS) is 26.3. The Morgan fingerprint density at radius 3 is 2.43 bits per heavy atom. The first-order valence-corrected chi connectivity index (χ1v) is 7.25. The van der Waals surface area contributed by atoms with Gasteiger partial charge in [-0.15, -0.1) is 0 Å². The summed E-state index contributed by atoms with van der Waals surface area (Å²) < 4.78 is 0. The average molecular weight is 296 g/mol. The van der Waals surface area contributed by atoms with Gasteiger partial charge in [-0.3, -0.25) is 19.3 Å². The van der Waals surface area contributed by atoms with Gasteiger partial charge in [0.1, 0.15) is 6.04 Å². The van der Waals surface area contributed by atoms with E-state index in [1.165, 1.54) is 4.90 Å². The third kappa shape index (κ3) is 3.40. The fraction of sp³-hybridized carbons (Fsp3) is 0.714. The van der Waals surface area contributed by atoms with Crippen LogP contribution in [0.1, 0.15) is 39.0 Å². The zero-order valence-corrected chi connectivity index (χ0v) is 12.1. The first-order chi connectivity index (χ1) is 9.90. The first-order valence-electron chi connectivity index (χ1n) is 7.25. The number of carboxylic acid groups (broad SMARTS) is 1. The highest BCUT2D eigenvalue weighted by Gasteiger charge is 2.35. The number of nitrogens with zero attached hydrogens (tertiary/aromatic N) is 2. The van der Waals surface area contributed by atoms with Crippen LogP contribution in [-0.2, 0) is 19.2 Å². The van der Waals surface area contributed by atoms with Crippen LogP contribution in [0.25, 0.3) is 0 Å². The van der Waals surface area contributed by atoms with E-state index in [9.17, 15) is 24.3 Å². The van der Waals surface area contributed by atoms with Gasteiger partial charge in [-0.25, -0.2) is 4.79 Å². The van der Waals surface area contributed by atoms with Gasteiger partial charge in [0, 0.05) is 32.4 Å². The van der Waals surface area contributed by atoms with Gasteiger partial charge in [0.25, 0.3) is 0 Å². The van der Waals surface area contributed by atoms with E-state index in [0.717, 1.165) is 11.3 Å². The van der Waals surface area contributed by atoms with Gasteiger partial charge in [-0.1, -0.05) is 6.92 Å². The van der Waals surface area contributed by atoms with Crippen LogP contribution < -0.4 is 0 Å². The van der Waals surface area contributed by atoms with Crippen molar-refractivity contribution in [3.05, 3.63) is 0 Å². The number of hydrogen-bond acceptors (Lipinski definition) is 4. The van der Waals surface area contributed by atoms with Gasteiger partial charge in [0.05, 0.1) is 0 Å². The summed E-state index contributed by atoms with van der Waals surface area (Å²) in [4.78, 5) is 48.9. The van der Waals surface area contributed by atoms with Crippen molar-refractivity contribution in [3.8, 4) is 0 Å². The molecule has 0 radical (unpaired) electrons. The van der Waals surface area contributed by atoms with Crippen molar-refractivity contribution >= 4 is 23.7 Å². The molecule has 116 valence electrons. The maximum Gasteiger partial charge on any atom is 0.326 e. The first kappa shape index (κ1) is 15.5. The van der Waals surface area contributed by atoms with Crippen LogP contribution in [-0.4, -0.2) is 57.7 Å². The molecule has 0 aromatic carbocycles. The summed E-state index contributed by atoms with van der Waals surface area (Å²) in [7, 11) is 0. The Hall–Kier alpha value is -1.92. The molecule has 21 heavy (non-hydrogen) atoms. The second kappa shape index (κ2) is 6.24. The summed E-state index contributed by atoms with van der Waals surface area (Å²) in [6.07, 6.45) is 1.62. The van der Waals surface area contributed by atoms with Crippen LogP contribution in [0.15, 0.2) is 0 Å². The summed E-state index contributed by atoms with van der Waals surface area (Å²) in [5.74, 6) is -1.54. The van der Waals surface area contributed by atoms with Crippen molar-refractivity contribution in [2.75, 3.05) is 13.1 Å². The molecule has 2 fully saturated rings. The van der Waals surface area contributed by atoms with Crippen LogP contribution in [0.4, 0.5) is 0 Å². The van der Waals surface area contributed by atoms with Crippen molar-refractivity contribution in [1.29, 1.82) is 0 Å². The lowest BCUT2D eigenvalue weighted by Crippen LogP contribution is -2.50. The smallest absolute Gasteiger partial charge is 0.326 e. The monoisotopic (exact) mass is 296 g/mol. The number of carbonyl (C=O) groups excluding carboxylic acids is 3. The molecular weight excluding hydrogens is 276 g/mol. The largest absolute Gasteiger partial charge is 0.480 e. The molecule has 0 aliphatic carbocycles. The van der Waals surface area contributed by atoms with E-state index in [1.54, 1.807) is 0 Å². The van der Waals surface area contributed by atoms with E-state index >= 15 is 0 Å². The minimum absolute atomic E-state index is 0.00432. The van der Waals surface area contributed by atoms with Crippen LogP contribution in [0.3, 0.4) is 0 Å². The lowest BCUT2D eigenvalue weighted by Gasteiger charge is -2.36. The maximum atomic E-state index is 12.2. The lowest BCUT2D eigenvalue weighted by molar-refractivity contribution is -0.153. The highest BCUT2D eigenvalue weighted by molar-refractivity contribution is 6.02. The summed E-state index contributed by atoms with van der Waals surface area (Å²) in [5, 5.41) is 9.23. The number of carboxylic acids is 1. The van der Waals surface area contributed by atoms with Gasteiger partial charge in [-0.2, -0.15) is 0 Å². The number of hydrogen-bond donors (Lipinski definition) is 1. The van der Waals surface area contributed by atoms with E-state index in [-0.39, 0.29) is 49.4 Å². The summed E-state index contributed by atoms with van der Waals surface area (Å²) in [6.45, 7) is 2.44. The molecule has 2 atom stereocenters. The topological polar surface area (TPSA) is 95.0 Å². The Labute approximate surface area is 122 Å². The number of piperidine rings is 1. The zero-order valence-electron chi connectivity index (χ0n) is 12.1. The predicted octanol–water partition coefficient (Wildman–Crippen LogP) is 0.237. The highest BCUT2D eigenvalue weighted by atomic mass is 16.4. The van der Waals surface area contributed by atoms with Crippen molar-refractivity contribution in [3.63, 3.8) is 0 Å². The van der Waals surface area contributed by atoms with E-state index in [2.05, 4.69) is 0 Å². The van der Waals surface area contributed by atoms with Crippen molar-refractivity contribution in [1.82, 2.24) is 9.80 Å². The molecule has 2 unspecified atom stereocenters. The second-order valence-electron chi connectivity index (χ2n) is 5.76. The quantitative estimate of drug-likeness (QED) is 0.750. The number of rotatable bonds is 4. The Morgan fingerprint density at radius 2 is 1.86 bits per heavy atom. The molecular formula is C14H20N2O5. The van der Waals surface area contributed by atoms with Crippen molar-refractivity contribution < 1.29 is 24.3 Å². The number of carbonyl (C=O) groups is 4. The SMILES string of the molecule is CC1CCN(C(=O)CCN2C(=O)CCC2=O)C(C(=O)O)C1. The number of aliphatic carboxylic acids is 1. The third-order valence-electron chi connectivity index (χ3n) is 4.17. The predicted molar refractivity (Wildman–Crippen MR) is 72.1 cm³/mol. The standard InChI is InChI=1S/C14H20N2O5/c1-9-4-6-15(10(8-9)14(20)21)13(19)5-7-16-11(17)2-3-12(16)18/h9-10H,2-8H2,1H3,(H,20,21).